The Hall–Kier alpha value is -1.76. The molecule has 1 heterocycles. The Balaban J connectivity index is 1.96. The van der Waals surface area contributed by atoms with Crippen molar-refractivity contribution in [3.8, 4) is 0 Å². The fraction of sp³-hybridized carbons (Fsp3) is 0.533. The third-order valence-corrected chi connectivity index (χ3v) is 11.6. The highest BCUT2D eigenvalue weighted by molar-refractivity contribution is 6.74. The SMILES string of the molecule is C=CCC[C@H](OCc1ccccc1)[C@H]1OC(C)(C)O[C@@H]1[C@@H](O[Si](C)(C)C(C)(C)C)c1ccccc1. The van der Waals surface area contributed by atoms with Gasteiger partial charge in [-0.05, 0) is 55.9 Å². The van der Waals surface area contributed by atoms with Gasteiger partial charge in [-0.15, -0.1) is 6.58 Å². The maximum Gasteiger partial charge on any atom is 0.193 e. The molecule has 0 saturated carbocycles. The van der Waals surface area contributed by atoms with E-state index in [0.29, 0.717) is 6.61 Å². The van der Waals surface area contributed by atoms with Crippen LogP contribution in [0.3, 0.4) is 0 Å². The third-order valence-electron chi connectivity index (χ3n) is 7.15. The first-order valence-electron chi connectivity index (χ1n) is 12.8. The van der Waals surface area contributed by atoms with Crippen molar-refractivity contribution in [2.75, 3.05) is 0 Å². The summed E-state index contributed by atoms with van der Waals surface area (Å²) in [6.07, 6.45) is 2.60. The highest BCUT2D eigenvalue weighted by atomic mass is 28.4. The van der Waals surface area contributed by atoms with Gasteiger partial charge in [0.2, 0.25) is 0 Å². The van der Waals surface area contributed by atoms with Crippen molar-refractivity contribution in [3.05, 3.63) is 84.4 Å². The van der Waals surface area contributed by atoms with Crippen LogP contribution in [-0.2, 0) is 25.2 Å². The van der Waals surface area contributed by atoms with E-state index in [1.54, 1.807) is 0 Å². The second kappa shape index (κ2) is 11.5. The maximum absolute atomic E-state index is 7.07. The molecule has 3 rings (SSSR count). The van der Waals surface area contributed by atoms with E-state index in [-0.39, 0.29) is 29.5 Å². The van der Waals surface area contributed by atoms with E-state index in [1.165, 1.54) is 0 Å². The number of ether oxygens (including phenoxy) is 3. The molecule has 5 heteroatoms. The summed E-state index contributed by atoms with van der Waals surface area (Å²) >= 11 is 0. The molecule has 1 aliphatic rings. The molecule has 1 aliphatic heterocycles. The monoisotopic (exact) mass is 496 g/mol. The molecule has 2 aromatic carbocycles. The molecule has 0 N–H and O–H groups in total. The van der Waals surface area contributed by atoms with Gasteiger partial charge in [-0.25, -0.2) is 0 Å². The molecule has 0 amide bonds. The predicted molar refractivity (Wildman–Crippen MR) is 146 cm³/mol. The van der Waals surface area contributed by atoms with Crippen LogP contribution in [0.5, 0.6) is 0 Å². The molecular weight excluding hydrogens is 452 g/mol. The molecule has 35 heavy (non-hydrogen) atoms. The largest absolute Gasteiger partial charge is 0.407 e. The summed E-state index contributed by atoms with van der Waals surface area (Å²) in [7, 11) is -2.12. The first-order chi connectivity index (χ1) is 16.4. The number of rotatable bonds is 11. The molecule has 0 unspecified atom stereocenters. The van der Waals surface area contributed by atoms with Gasteiger partial charge in [-0.3, -0.25) is 0 Å². The summed E-state index contributed by atoms with van der Waals surface area (Å²) in [4.78, 5) is 0. The summed E-state index contributed by atoms with van der Waals surface area (Å²) in [5.41, 5.74) is 2.25. The number of allylic oxidation sites excluding steroid dienone is 1. The van der Waals surface area contributed by atoms with E-state index in [9.17, 15) is 0 Å². The Morgan fingerprint density at radius 3 is 2.11 bits per heavy atom. The van der Waals surface area contributed by atoms with Gasteiger partial charge in [0.15, 0.2) is 14.1 Å². The first kappa shape index (κ1) is 27.8. The molecule has 1 fully saturated rings. The average molecular weight is 497 g/mol. The Labute approximate surface area is 213 Å². The van der Waals surface area contributed by atoms with Crippen molar-refractivity contribution in [2.45, 2.75) is 102 Å². The van der Waals surface area contributed by atoms with Crippen LogP contribution in [0.15, 0.2) is 73.3 Å². The van der Waals surface area contributed by atoms with Crippen molar-refractivity contribution in [1.29, 1.82) is 0 Å². The predicted octanol–water partition coefficient (Wildman–Crippen LogP) is 7.82. The second-order valence-electron chi connectivity index (χ2n) is 11.5. The Morgan fingerprint density at radius 1 is 0.971 bits per heavy atom. The lowest BCUT2D eigenvalue weighted by Gasteiger charge is -2.42. The summed E-state index contributed by atoms with van der Waals surface area (Å²) in [6.45, 7) is 19.8. The number of hydrogen-bond acceptors (Lipinski definition) is 4. The Morgan fingerprint density at radius 2 is 1.54 bits per heavy atom. The number of hydrogen-bond donors (Lipinski definition) is 0. The van der Waals surface area contributed by atoms with E-state index in [4.69, 9.17) is 18.6 Å². The normalized spacial score (nSPS) is 22.0. The maximum atomic E-state index is 7.07. The van der Waals surface area contributed by atoms with Crippen LogP contribution < -0.4 is 0 Å². The van der Waals surface area contributed by atoms with Gasteiger partial charge in [0.1, 0.15) is 12.2 Å². The van der Waals surface area contributed by atoms with Gasteiger partial charge in [-0.2, -0.15) is 0 Å². The van der Waals surface area contributed by atoms with Gasteiger partial charge in [0.05, 0.1) is 18.8 Å². The van der Waals surface area contributed by atoms with E-state index in [0.717, 1.165) is 24.0 Å². The lowest BCUT2D eigenvalue weighted by atomic mass is 9.95. The topological polar surface area (TPSA) is 36.9 Å². The number of benzene rings is 2. The molecule has 2 aromatic rings. The van der Waals surface area contributed by atoms with E-state index >= 15 is 0 Å². The zero-order chi connectivity index (χ0) is 25.7. The van der Waals surface area contributed by atoms with Crippen molar-refractivity contribution in [1.82, 2.24) is 0 Å². The molecule has 1 saturated heterocycles. The second-order valence-corrected chi connectivity index (χ2v) is 16.2. The Kier molecular flexibility index (Phi) is 9.16. The van der Waals surface area contributed by atoms with Crippen LogP contribution in [0, 0.1) is 0 Å². The fourth-order valence-corrected chi connectivity index (χ4v) is 5.46. The lowest BCUT2D eigenvalue weighted by Crippen LogP contribution is -2.47. The van der Waals surface area contributed by atoms with Crippen molar-refractivity contribution >= 4 is 8.32 Å². The lowest BCUT2D eigenvalue weighted by molar-refractivity contribution is -0.164. The zero-order valence-electron chi connectivity index (χ0n) is 22.6. The molecule has 0 aromatic heterocycles. The molecule has 4 nitrogen and oxygen atoms in total. The van der Waals surface area contributed by atoms with Crippen LogP contribution in [0.2, 0.25) is 18.1 Å². The smallest absolute Gasteiger partial charge is 0.193 e. The van der Waals surface area contributed by atoms with E-state index in [2.05, 4.69) is 76.8 Å². The van der Waals surface area contributed by atoms with Gasteiger partial charge in [0.25, 0.3) is 0 Å². The van der Waals surface area contributed by atoms with E-state index < -0.39 is 14.1 Å². The van der Waals surface area contributed by atoms with Crippen molar-refractivity contribution < 1.29 is 18.6 Å². The minimum absolute atomic E-state index is 0.0660. The van der Waals surface area contributed by atoms with Crippen LogP contribution in [0.4, 0.5) is 0 Å². The average Bonchev–Trinajstić information content (AvgIpc) is 3.13. The highest BCUT2D eigenvalue weighted by Gasteiger charge is 2.51. The van der Waals surface area contributed by atoms with Crippen molar-refractivity contribution in [2.24, 2.45) is 0 Å². The fourth-order valence-electron chi connectivity index (χ4n) is 4.20. The molecule has 0 aliphatic carbocycles. The minimum atomic E-state index is -2.12. The zero-order valence-corrected chi connectivity index (χ0v) is 23.6. The van der Waals surface area contributed by atoms with Gasteiger partial charge >= 0.3 is 0 Å². The van der Waals surface area contributed by atoms with E-state index in [1.807, 2.05) is 44.2 Å². The van der Waals surface area contributed by atoms with Gasteiger partial charge in [-0.1, -0.05) is 87.5 Å². The summed E-state index contributed by atoms with van der Waals surface area (Å²) in [6, 6.07) is 20.7. The van der Waals surface area contributed by atoms with Crippen LogP contribution in [-0.4, -0.2) is 32.4 Å². The third kappa shape index (κ3) is 7.37. The summed E-state index contributed by atoms with van der Waals surface area (Å²) < 4.78 is 26.8. The highest BCUT2D eigenvalue weighted by Crippen LogP contribution is 2.45. The van der Waals surface area contributed by atoms with Crippen LogP contribution in [0.25, 0.3) is 0 Å². The first-order valence-corrected chi connectivity index (χ1v) is 15.7. The van der Waals surface area contributed by atoms with Gasteiger partial charge < -0.3 is 18.6 Å². The van der Waals surface area contributed by atoms with Crippen molar-refractivity contribution in [3.63, 3.8) is 0 Å². The molecule has 0 spiro atoms. The van der Waals surface area contributed by atoms with Gasteiger partial charge in [0, 0.05) is 0 Å². The standard InChI is InChI=1S/C30H44O4Si/c1-9-10-21-25(31-22-23-17-13-11-14-18-23)27-28(33-30(5,6)32-27)26(24-19-15-12-16-20-24)34-35(7,8)29(2,3)4/h9,11-20,25-28H,1,10,21-22H2,2-8H3/t25-,26-,27+,28+/m0/s1. The van der Waals surface area contributed by atoms with Crippen LogP contribution in [0.1, 0.15) is 64.7 Å². The molecule has 192 valence electrons. The van der Waals surface area contributed by atoms with Crippen LogP contribution >= 0.6 is 0 Å². The quantitative estimate of drug-likeness (QED) is 0.235. The summed E-state index contributed by atoms with van der Waals surface area (Å²) in [5.74, 6) is -0.734. The molecule has 4 atom stereocenters. The summed E-state index contributed by atoms with van der Waals surface area (Å²) in [5, 5.41) is 0.0660. The Bertz CT molecular complexity index is 920. The minimum Gasteiger partial charge on any atom is -0.407 e. The molecular formula is C30H44O4Si. The molecule has 0 bridgehead atoms. The molecule has 0 radical (unpaired) electrons.